The number of halogens is 3. The Morgan fingerprint density at radius 2 is 1.77 bits per heavy atom. The highest BCUT2D eigenvalue weighted by Gasteiger charge is 2.26. The molecule has 2 rings (SSSR count). The number of phenols is 1. The average Bonchev–Trinajstić information content (AvgIpc) is 2.60. The molecule has 1 atom stereocenters. The average molecular weight is 657 g/mol. The number of anilines is 1. The molecule has 0 heterocycles. The Kier molecular flexibility index (Phi) is 8.63. The zero-order chi connectivity index (χ0) is 22.6. The minimum absolute atomic E-state index is 0.190. The first-order valence-corrected chi connectivity index (χ1v) is 11.6. The van der Waals surface area contributed by atoms with Gasteiger partial charge < -0.3 is 20.5 Å². The van der Waals surface area contributed by atoms with E-state index >= 15 is 0 Å². The third-order valence-electron chi connectivity index (χ3n) is 3.98. The number of carbonyl (C=O) groups is 2. The lowest BCUT2D eigenvalue weighted by atomic mass is 10.0. The van der Waals surface area contributed by atoms with Crippen LogP contribution in [0, 0.1) is 14.1 Å². The third-order valence-corrected chi connectivity index (χ3v) is 5.86. The molecular weight excluding hydrogens is 634 g/mol. The molecule has 0 aliphatic carbocycles. The summed E-state index contributed by atoms with van der Waals surface area (Å²) in [4.78, 5) is 25.4. The van der Waals surface area contributed by atoms with Crippen LogP contribution in [0.3, 0.4) is 0 Å². The molecule has 9 heteroatoms. The number of benzene rings is 2. The van der Waals surface area contributed by atoms with Crippen LogP contribution in [0.4, 0.5) is 10.5 Å². The Bertz CT molecular complexity index is 938. The van der Waals surface area contributed by atoms with Gasteiger partial charge in [0.15, 0.2) is 0 Å². The lowest BCUT2D eigenvalue weighted by Crippen LogP contribution is -2.47. The number of aryl methyl sites for hydroxylation is 1. The molecule has 0 bridgehead atoms. The maximum atomic E-state index is 13.0. The molecule has 0 fully saturated rings. The van der Waals surface area contributed by atoms with Gasteiger partial charge in [-0.3, -0.25) is 4.79 Å². The van der Waals surface area contributed by atoms with E-state index in [2.05, 4.69) is 10.6 Å². The van der Waals surface area contributed by atoms with E-state index in [1.54, 1.807) is 51.1 Å². The first kappa shape index (κ1) is 25.0. The van der Waals surface area contributed by atoms with Crippen LogP contribution in [-0.2, 0) is 16.0 Å². The van der Waals surface area contributed by atoms with E-state index in [9.17, 15) is 14.7 Å². The lowest BCUT2D eigenvalue weighted by Gasteiger charge is -2.24. The van der Waals surface area contributed by atoms with Crippen molar-refractivity contribution >= 4 is 74.5 Å². The van der Waals surface area contributed by atoms with Crippen molar-refractivity contribution in [2.24, 2.45) is 0 Å². The monoisotopic (exact) mass is 656 g/mol. The first-order chi connectivity index (χ1) is 13.9. The fourth-order valence-corrected chi connectivity index (χ4v) is 4.65. The molecule has 6 nitrogen and oxygen atoms in total. The number of aromatic hydroxyl groups is 1. The van der Waals surface area contributed by atoms with Crippen molar-refractivity contribution in [3.05, 3.63) is 53.6 Å². The van der Waals surface area contributed by atoms with Crippen LogP contribution >= 0.6 is 56.8 Å². The normalized spacial score (nSPS) is 12.2. The molecule has 0 saturated heterocycles. The number of alkyl carbamates (subject to hydrolysis) is 1. The fourth-order valence-electron chi connectivity index (χ4n) is 2.58. The standard InChI is InChI=1S/C21H23ClI2N2O4/c1-11-5-6-13(22)10-16(11)25-19(28)17(26-20(29)30-21(2,3)4)9-12-7-14(23)18(27)15(24)8-12/h5-8,10,17,27H,9H2,1-4H3,(H,25,28)(H,26,29)/t17-/m1/s1. The van der Waals surface area contributed by atoms with Crippen molar-refractivity contribution < 1.29 is 19.4 Å². The fraction of sp³-hybridized carbons (Fsp3) is 0.333. The van der Waals surface area contributed by atoms with Crippen molar-refractivity contribution in [1.82, 2.24) is 5.32 Å². The number of nitrogens with one attached hydrogen (secondary N) is 2. The van der Waals surface area contributed by atoms with E-state index in [1.807, 2.05) is 52.1 Å². The van der Waals surface area contributed by atoms with Crippen LogP contribution in [-0.4, -0.2) is 28.7 Å². The van der Waals surface area contributed by atoms with Gasteiger partial charge in [-0.05, 0) is 108 Å². The second kappa shape index (κ2) is 10.4. The smallest absolute Gasteiger partial charge is 0.408 e. The molecule has 0 aromatic heterocycles. The van der Waals surface area contributed by atoms with Gasteiger partial charge in [0, 0.05) is 17.1 Å². The van der Waals surface area contributed by atoms with Crippen LogP contribution < -0.4 is 10.6 Å². The van der Waals surface area contributed by atoms with Crippen molar-refractivity contribution in [3.63, 3.8) is 0 Å². The second-order valence-corrected chi connectivity index (χ2v) is 10.5. The molecule has 30 heavy (non-hydrogen) atoms. The van der Waals surface area contributed by atoms with Crippen LogP contribution in [0.5, 0.6) is 5.75 Å². The molecule has 3 N–H and O–H groups in total. The predicted molar refractivity (Wildman–Crippen MR) is 135 cm³/mol. The maximum Gasteiger partial charge on any atom is 0.408 e. The topological polar surface area (TPSA) is 87.7 Å². The van der Waals surface area contributed by atoms with Crippen LogP contribution in [0.1, 0.15) is 31.9 Å². The van der Waals surface area contributed by atoms with Gasteiger partial charge in [-0.15, -0.1) is 0 Å². The molecule has 0 unspecified atom stereocenters. The number of rotatable bonds is 5. The Morgan fingerprint density at radius 3 is 2.33 bits per heavy atom. The van der Waals surface area contributed by atoms with Crippen LogP contribution in [0.15, 0.2) is 30.3 Å². The number of ether oxygens (including phenoxy) is 1. The molecule has 2 amide bonds. The summed E-state index contributed by atoms with van der Waals surface area (Å²) in [5.41, 5.74) is 1.51. The van der Waals surface area contributed by atoms with E-state index in [-0.39, 0.29) is 12.2 Å². The maximum absolute atomic E-state index is 13.0. The molecule has 0 radical (unpaired) electrons. The van der Waals surface area contributed by atoms with Crippen molar-refractivity contribution in [1.29, 1.82) is 0 Å². The quantitative estimate of drug-likeness (QED) is 0.364. The van der Waals surface area contributed by atoms with Crippen LogP contribution in [0.2, 0.25) is 5.02 Å². The Hall–Kier alpha value is -1.27. The van der Waals surface area contributed by atoms with Gasteiger partial charge in [0.1, 0.15) is 17.4 Å². The third kappa shape index (κ3) is 7.45. The minimum atomic E-state index is -0.894. The lowest BCUT2D eigenvalue weighted by molar-refractivity contribution is -0.118. The SMILES string of the molecule is Cc1ccc(Cl)cc1NC(=O)[C@@H](Cc1cc(I)c(O)c(I)c1)NC(=O)OC(C)(C)C. The van der Waals surface area contributed by atoms with Gasteiger partial charge in [0.25, 0.3) is 0 Å². The van der Waals surface area contributed by atoms with E-state index in [0.717, 1.165) is 11.1 Å². The largest absolute Gasteiger partial charge is 0.506 e. The van der Waals surface area contributed by atoms with Gasteiger partial charge in [-0.1, -0.05) is 17.7 Å². The summed E-state index contributed by atoms with van der Waals surface area (Å²) in [6.45, 7) is 7.11. The number of amides is 2. The molecule has 0 aliphatic heterocycles. The zero-order valence-corrected chi connectivity index (χ0v) is 22.0. The number of hydrogen-bond donors (Lipinski definition) is 3. The van der Waals surface area contributed by atoms with Gasteiger partial charge in [0.05, 0.1) is 7.14 Å². The summed E-state index contributed by atoms with van der Waals surface area (Å²) < 4.78 is 6.65. The second-order valence-electron chi connectivity index (χ2n) is 7.76. The molecule has 2 aromatic rings. The highest BCUT2D eigenvalue weighted by molar-refractivity contribution is 14.1. The molecule has 162 valence electrons. The zero-order valence-electron chi connectivity index (χ0n) is 17.0. The minimum Gasteiger partial charge on any atom is -0.506 e. The summed E-state index contributed by atoms with van der Waals surface area (Å²) in [5, 5.41) is 16.0. The highest BCUT2D eigenvalue weighted by Crippen LogP contribution is 2.28. The summed E-state index contributed by atoms with van der Waals surface area (Å²) in [7, 11) is 0. The van der Waals surface area contributed by atoms with Gasteiger partial charge >= 0.3 is 6.09 Å². The van der Waals surface area contributed by atoms with Crippen molar-refractivity contribution in [2.75, 3.05) is 5.32 Å². The molecule has 0 aliphatic rings. The number of phenolic OH excluding ortho intramolecular Hbond substituents is 1. The predicted octanol–water partition coefficient (Wildman–Crippen LogP) is 5.64. The summed E-state index contributed by atoms with van der Waals surface area (Å²) >= 11 is 10.1. The van der Waals surface area contributed by atoms with Crippen molar-refractivity contribution in [3.8, 4) is 5.75 Å². The van der Waals surface area contributed by atoms with E-state index < -0.39 is 23.6 Å². The summed E-state index contributed by atoms with van der Waals surface area (Å²) in [6, 6.07) is 7.86. The van der Waals surface area contributed by atoms with Crippen molar-refractivity contribution in [2.45, 2.75) is 45.8 Å². The number of hydrogen-bond acceptors (Lipinski definition) is 4. The van der Waals surface area contributed by atoms with Gasteiger partial charge in [-0.25, -0.2) is 4.79 Å². The van der Waals surface area contributed by atoms with E-state index in [4.69, 9.17) is 16.3 Å². The van der Waals surface area contributed by atoms with E-state index in [1.165, 1.54) is 0 Å². The Labute approximate surface area is 208 Å². The Morgan fingerprint density at radius 1 is 1.17 bits per heavy atom. The van der Waals surface area contributed by atoms with Gasteiger partial charge in [0.2, 0.25) is 5.91 Å². The van der Waals surface area contributed by atoms with Crippen LogP contribution in [0.25, 0.3) is 0 Å². The summed E-state index contributed by atoms with van der Waals surface area (Å²) in [5.74, 6) is -0.208. The highest BCUT2D eigenvalue weighted by atomic mass is 127. The number of carbonyl (C=O) groups excluding carboxylic acids is 2. The van der Waals surface area contributed by atoms with E-state index in [0.29, 0.717) is 17.9 Å². The summed E-state index contributed by atoms with van der Waals surface area (Å²) in [6.07, 6.45) is -0.467. The molecule has 0 spiro atoms. The first-order valence-electron chi connectivity index (χ1n) is 9.09. The Balaban J connectivity index is 2.29. The molecular formula is C21H23ClI2N2O4. The van der Waals surface area contributed by atoms with Gasteiger partial charge in [-0.2, -0.15) is 0 Å². The molecule has 0 saturated carbocycles. The molecule has 2 aromatic carbocycles.